The standard InChI is InChI=1S/C22H21N5O4S/c1-26-15-23-25-22(26)32-14-20(28)24-17-6-2-5-16(11-17)21(29)27(12-18-7-3-9-30-18)13-19-8-4-10-31-19/h2-11,15H,12-14H2,1H3,(H,24,28). The largest absolute Gasteiger partial charge is 0.467 e. The molecule has 0 aliphatic rings. The van der Waals surface area contributed by atoms with Gasteiger partial charge in [-0.05, 0) is 42.5 Å². The molecular formula is C22H21N5O4S. The van der Waals surface area contributed by atoms with Crippen LogP contribution < -0.4 is 5.32 Å². The van der Waals surface area contributed by atoms with Crippen LogP contribution in [0.5, 0.6) is 0 Å². The molecule has 0 fully saturated rings. The molecule has 0 bridgehead atoms. The Labute approximate surface area is 188 Å². The monoisotopic (exact) mass is 451 g/mol. The van der Waals surface area contributed by atoms with Gasteiger partial charge in [0.1, 0.15) is 17.8 Å². The fourth-order valence-electron chi connectivity index (χ4n) is 3.02. The molecule has 3 heterocycles. The van der Waals surface area contributed by atoms with Gasteiger partial charge in [0, 0.05) is 18.3 Å². The van der Waals surface area contributed by atoms with Crippen LogP contribution in [0.2, 0.25) is 0 Å². The number of benzene rings is 1. The molecule has 32 heavy (non-hydrogen) atoms. The fourth-order valence-corrected chi connectivity index (χ4v) is 3.71. The third-order valence-corrected chi connectivity index (χ3v) is 5.57. The van der Waals surface area contributed by atoms with E-state index < -0.39 is 0 Å². The molecule has 3 aromatic heterocycles. The lowest BCUT2D eigenvalue weighted by Gasteiger charge is -2.21. The summed E-state index contributed by atoms with van der Waals surface area (Å²) in [6, 6.07) is 14.0. The molecule has 0 saturated heterocycles. The molecule has 0 aliphatic carbocycles. The first-order valence-corrected chi connectivity index (χ1v) is 10.8. The number of furan rings is 2. The minimum absolute atomic E-state index is 0.174. The van der Waals surface area contributed by atoms with Gasteiger partial charge in [0.15, 0.2) is 5.16 Å². The van der Waals surface area contributed by atoms with E-state index in [4.69, 9.17) is 8.83 Å². The van der Waals surface area contributed by atoms with Crippen molar-refractivity contribution in [2.45, 2.75) is 18.2 Å². The van der Waals surface area contributed by atoms with Crippen molar-refractivity contribution in [2.75, 3.05) is 11.1 Å². The zero-order valence-corrected chi connectivity index (χ0v) is 18.1. The number of amides is 2. The van der Waals surface area contributed by atoms with Crippen LogP contribution in [0.3, 0.4) is 0 Å². The lowest BCUT2D eigenvalue weighted by molar-refractivity contribution is -0.113. The van der Waals surface area contributed by atoms with Gasteiger partial charge in [0.05, 0.1) is 31.4 Å². The van der Waals surface area contributed by atoms with Crippen molar-refractivity contribution < 1.29 is 18.4 Å². The Balaban J connectivity index is 1.44. The Morgan fingerprint density at radius 1 is 1.06 bits per heavy atom. The molecule has 10 heteroatoms. The summed E-state index contributed by atoms with van der Waals surface area (Å²) in [4.78, 5) is 27.2. The molecule has 1 aromatic carbocycles. The first kappa shape index (κ1) is 21.4. The Morgan fingerprint density at radius 2 is 1.78 bits per heavy atom. The number of hydrogen-bond acceptors (Lipinski definition) is 7. The molecule has 0 spiro atoms. The second-order valence-electron chi connectivity index (χ2n) is 6.96. The van der Waals surface area contributed by atoms with Crippen LogP contribution in [-0.4, -0.2) is 37.2 Å². The minimum Gasteiger partial charge on any atom is -0.467 e. The number of nitrogens with zero attached hydrogens (tertiary/aromatic N) is 4. The number of aromatic nitrogens is 3. The number of carbonyl (C=O) groups is 2. The van der Waals surface area contributed by atoms with Gasteiger partial charge in [-0.3, -0.25) is 9.59 Å². The SMILES string of the molecule is Cn1cnnc1SCC(=O)Nc1cccc(C(=O)N(Cc2ccco2)Cc2ccco2)c1. The van der Waals surface area contributed by atoms with Crippen molar-refractivity contribution in [1.29, 1.82) is 0 Å². The van der Waals surface area contributed by atoms with Gasteiger partial charge < -0.3 is 23.6 Å². The third-order valence-electron chi connectivity index (χ3n) is 4.54. The van der Waals surface area contributed by atoms with Crippen LogP contribution in [0.1, 0.15) is 21.9 Å². The Morgan fingerprint density at radius 3 is 2.38 bits per heavy atom. The molecule has 0 atom stereocenters. The molecule has 4 aromatic rings. The molecule has 0 aliphatic heterocycles. The smallest absolute Gasteiger partial charge is 0.254 e. The number of anilines is 1. The molecule has 0 radical (unpaired) electrons. The molecule has 0 saturated carbocycles. The highest BCUT2D eigenvalue weighted by atomic mass is 32.2. The van der Waals surface area contributed by atoms with Gasteiger partial charge in [0.25, 0.3) is 5.91 Å². The summed E-state index contributed by atoms with van der Waals surface area (Å²) in [7, 11) is 1.81. The van der Waals surface area contributed by atoms with E-state index in [0.29, 0.717) is 27.9 Å². The average Bonchev–Trinajstić information content (AvgIpc) is 3.56. The van der Waals surface area contributed by atoms with Crippen molar-refractivity contribution >= 4 is 29.3 Å². The molecule has 1 N–H and O–H groups in total. The highest BCUT2D eigenvalue weighted by molar-refractivity contribution is 7.99. The number of aryl methyl sites for hydroxylation is 1. The van der Waals surface area contributed by atoms with Gasteiger partial charge in [-0.1, -0.05) is 17.8 Å². The summed E-state index contributed by atoms with van der Waals surface area (Å²) < 4.78 is 12.6. The second kappa shape index (κ2) is 10.0. The summed E-state index contributed by atoms with van der Waals surface area (Å²) in [6.45, 7) is 0.578. The molecule has 9 nitrogen and oxygen atoms in total. The Hall–Kier alpha value is -3.79. The number of nitrogens with one attached hydrogen (secondary N) is 1. The maximum atomic E-state index is 13.3. The van der Waals surface area contributed by atoms with Crippen molar-refractivity contribution in [2.24, 2.45) is 7.05 Å². The predicted octanol–water partition coefficient (Wildman–Crippen LogP) is 3.57. The molecule has 2 amide bonds. The van der Waals surface area contributed by atoms with Crippen molar-refractivity contribution in [1.82, 2.24) is 19.7 Å². The first-order valence-electron chi connectivity index (χ1n) is 9.79. The number of hydrogen-bond donors (Lipinski definition) is 1. The number of carbonyl (C=O) groups excluding carboxylic acids is 2. The van der Waals surface area contributed by atoms with E-state index in [-0.39, 0.29) is 30.7 Å². The molecule has 4 rings (SSSR count). The van der Waals surface area contributed by atoms with Crippen molar-refractivity contribution in [3.63, 3.8) is 0 Å². The average molecular weight is 452 g/mol. The van der Waals surface area contributed by atoms with E-state index in [2.05, 4.69) is 15.5 Å². The van der Waals surface area contributed by atoms with Crippen LogP contribution in [0.4, 0.5) is 5.69 Å². The van der Waals surface area contributed by atoms with Gasteiger partial charge >= 0.3 is 0 Å². The number of rotatable bonds is 9. The lowest BCUT2D eigenvalue weighted by Crippen LogP contribution is -2.30. The van der Waals surface area contributed by atoms with E-state index in [9.17, 15) is 9.59 Å². The normalized spacial score (nSPS) is 10.8. The zero-order valence-electron chi connectivity index (χ0n) is 17.3. The molecule has 0 unspecified atom stereocenters. The summed E-state index contributed by atoms with van der Waals surface area (Å²) in [5, 5.41) is 11.2. The molecule has 164 valence electrons. The van der Waals surface area contributed by atoms with E-state index in [1.807, 2.05) is 19.2 Å². The van der Waals surface area contributed by atoms with Crippen LogP contribution in [0, 0.1) is 0 Å². The summed E-state index contributed by atoms with van der Waals surface area (Å²) in [6.07, 6.45) is 4.71. The van der Waals surface area contributed by atoms with Gasteiger partial charge in [-0.25, -0.2) is 0 Å². The van der Waals surface area contributed by atoms with E-state index in [1.54, 1.807) is 64.7 Å². The van der Waals surface area contributed by atoms with E-state index in [0.717, 1.165) is 0 Å². The maximum absolute atomic E-state index is 13.3. The highest BCUT2D eigenvalue weighted by Crippen LogP contribution is 2.19. The third kappa shape index (κ3) is 5.46. The summed E-state index contributed by atoms with van der Waals surface area (Å²) >= 11 is 1.28. The highest BCUT2D eigenvalue weighted by Gasteiger charge is 2.19. The Kier molecular flexibility index (Phi) is 6.71. The second-order valence-corrected chi connectivity index (χ2v) is 7.90. The van der Waals surface area contributed by atoms with Crippen LogP contribution in [0.25, 0.3) is 0 Å². The lowest BCUT2D eigenvalue weighted by atomic mass is 10.1. The Bertz CT molecular complexity index is 1130. The van der Waals surface area contributed by atoms with E-state index in [1.165, 1.54) is 11.8 Å². The van der Waals surface area contributed by atoms with Crippen LogP contribution in [0.15, 0.2) is 81.4 Å². The molecular weight excluding hydrogens is 430 g/mol. The summed E-state index contributed by atoms with van der Waals surface area (Å²) in [5.74, 6) is 1.09. The topological polar surface area (TPSA) is 106 Å². The summed E-state index contributed by atoms with van der Waals surface area (Å²) in [5.41, 5.74) is 0.984. The van der Waals surface area contributed by atoms with Crippen LogP contribution >= 0.6 is 11.8 Å². The van der Waals surface area contributed by atoms with Crippen molar-refractivity contribution in [3.8, 4) is 0 Å². The predicted molar refractivity (Wildman–Crippen MR) is 118 cm³/mol. The zero-order chi connectivity index (χ0) is 22.3. The quantitative estimate of drug-likeness (QED) is 0.388. The maximum Gasteiger partial charge on any atom is 0.254 e. The van der Waals surface area contributed by atoms with Crippen molar-refractivity contribution in [3.05, 3.63) is 84.5 Å². The van der Waals surface area contributed by atoms with Gasteiger partial charge in [0.2, 0.25) is 5.91 Å². The van der Waals surface area contributed by atoms with Crippen LogP contribution in [-0.2, 0) is 24.9 Å². The first-order chi connectivity index (χ1) is 15.6. The fraction of sp³-hybridized carbons (Fsp3) is 0.182. The number of thioether (sulfide) groups is 1. The van der Waals surface area contributed by atoms with Gasteiger partial charge in [-0.2, -0.15) is 0 Å². The minimum atomic E-state index is -0.206. The van der Waals surface area contributed by atoms with Gasteiger partial charge in [-0.15, -0.1) is 10.2 Å². The van der Waals surface area contributed by atoms with E-state index >= 15 is 0 Å².